The normalized spacial score (nSPS) is 23.3. The maximum Gasteiger partial charge on any atom is 0.252 e. The molecular weight excluding hydrogens is 391 g/mol. The Morgan fingerprint density at radius 1 is 1.30 bits per heavy atom. The third-order valence-electron chi connectivity index (χ3n) is 5.48. The van der Waals surface area contributed by atoms with Gasteiger partial charge >= 0.3 is 0 Å². The van der Waals surface area contributed by atoms with E-state index in [0.717, 1.165) is 17.8 Å². The summed E-state index contributed by atoms with van der Waals surface area (Å²) in [5.74, 6) is 1.89. The zero-order valence-electron chi connectivity index (χ0n) is 16.8. The minimum absolute atomic E-state index is 0.0834. The predicted molar refractivity (Wildman–Crippen MR) is 108 cm³/mol. The monoisotopic (exact) mass is 414 g/mol. The van der Waals surface area contributed by atoms with Gasteiger partial charge in [-0.1, -0.05) is 0 Å². The molecule has 4 bridgehead atoms. The molecule has 0 spiro atoms. The van der Waals surface area contributed by atoms with Crippen molar-refractivity contribution in [3.8, 4) is 5.75 Å². The average Bonchev–Trinajstić information content (AvgIpc) is 3.36. The van der Waals surface area contributed by atoms with E-state index in [-0.39, 0.29) is 25.2 Å². The molecule has 0 aliphatic carbocycles. The molecule has 1 amide bonds. The number of halogens is 1. The Morgan fingerprint density at radius 2 is 2.17 bits per heavy atom. The molecule has 158 valence electrons. The zero-order chi connectivity index (χ0) is 20.8. The van der Waals surface area contributed by atoms with Gasteiger partial charge in [0.25, 0.3) is 5.91 Å². The Morgan fingerprint density at radius 3 is 3.00 bits per heavy atom. The number of amidine groups is 1. The number of ether oxygens (including phenoxy) is 2. The van der Waals surface area contributed by atoms with Gasteiger partial charge in [0.1, 0.15) is 23.2 Å². The first-order chi connectivity index (χ1) is 14.5. The molecule has 0 radical (unpaired) electrons. The topological polar surface area (TPSA) is 99.3 Å². The van der Waals surface area contributed by atoms with Crippen LogP contribution in [0.1, 0.15) is 18.9 Å². The molecule has 1 unspecified atom stereocenters. The van der Waals surface area contributed by atoms with Gasteiger partial charge in [-0.3, -0.25) is 9.79 Å². The van der Waals surface area contributed by atoms with Crippen LogP contribution < -0.4 is 26.1 Å². The van der Waals surface area contributed by atoms with Crippen LogP contribution >= 0.6 is 0 Å². The number of anilines is 1. The standard InChI is InChI=1S/C20H23FN6O3/c1-10-8-30-9-11-5-15(16(29-2)6-14(11)21)25-17-12-3-4-22-18(12)27-19(26-17)13(7-23-27)20(28)24-10/h5-6,10,23,25-26H,3-4,7-9H2,1-2H3,(H,24,28). The summed E-state index contributed by atoms with van der Waals surface area (Å²) in [5.41, 5.74) is 5.80. The predicted octanol–water partition coefficient (Wildman–Crippen LogP) is 0.930. The SMILES string of the molecule is COc1cc(F)c2cc1NC1=C3CCN=C3N3NCC(=C3N1)C(=O)NC(C)COC2. The number of nitrogens with zero attached hydrogens (tertiary/aromatic N) is 2. The first kappa shape index (κ1) is 18.9. The lowest BCUT2D eigenvalue weighted by atomic mass is 10.1. The van der Waals surface area contributed by atoms with Gasteiger partial charge in [-0.05, 0) is 19.4 Å². The van der Waals surface area contributed by atoms with Crippen LogP contribution in [0.3, 0.4) is 0 Å². The van der Waals surface area contributed by atoms with Crippen molar-refractivity contribution in [3.63, 3.8) is 0 Å². The third-order valence-corrected chi connectivity index (χ3v) is 5.48. The minimum Gasteiger partial charge on any atom is -0.494 e. The number of hydrogen-bond donors (Lipinski definition) is 4. The van der Waals surface area contributed by atoms with Crippen molar-refractivity contribution in [3.05, 3.63) is 46.3 Å². The van der Waals surface area contributed by atoms with Crippen LogP contribution in [0, 0.1) is 5.82 Å². The number of benzene rings is 1. The largest absolute Gasteiger partial charge is 0.494 e. The molecule has 4 heterocycles. The Balaban J connectivity index is 1.63. The Bertz CT molecular complexity index is 1020. The molecule has 0 saturated carbocycles. The number of rotatable bonds is 1. The second-order valence-electron chi connectivity index (χ2n) is 7.59. The number of aliphatic imine (C=N–C) groups is 1. The molecule has 0 aromatic heterocycles. The van der Waals surface area contributed by atoms with Crippen molar-refractivity contribution in [2.24, 2.45) is 4.99 Å². The van der Waals surface area contributed by atoms with E-state index in [1.807, 2.05) is 11.9 Å². The van der Waals surface area contributed by atoms with Gasteiger partial charge in [0.05, 0.1) is 31.6 Å². The Labute approximate surface area is 173 Å². The molecule has 0 fully saturated rings. The van der Waals surface area contributed by atoms with Crippen LogP contribution in [0.4, 0.5) is 10.1 Å². The Kier molecular flexibility index (Phi) is 4.59. The van der Waals surface area contributed by atoms with E-state index < -0.39 is 5.82 Å². The van der Waals surface area contributed by atoms with Crippen LogP contribution in [0.5, 0.6) is 5.75 Å². The van der Waals surface area contributed by atoms with Crippen LogP contribution in [0.2, 0.25) is 0 Å². The van der Waals surface area contributed by atoms with Gasteiger partial charge in [-0.2, -0.15) is 0 Å². The zero-order valence-corrected chi connectivity index (χ0v) is 16.8. The number of methoxy groups -OCH3 is 1. The van der Waals surface area contributed by atoms with Crippen molar-refractivity contribution in [2.75, 3.05) is 32.1 Å². The average molecular weight is 414 g/mol. The van der Waals surface area contributed by atoms with Crippen molar-refractivity contribution < 1.29 is 18.7 Å². The Hall–Kier alpha value is -3.11. The van der Waals surface area contributed by atoms with E-state index in [4.69, 9.17) is 9.47 Å². The van der Waals surface area contributed by atoms with Crippen molar-refractivity contribution in [1.29, 1.82) is 0 Å². The number of carbonyl (C=O) groups excluding carboxylic acids is 1. The molecule has 1 atom stereocenters. The van der Waals surface area contributed by atoms with E-state index in [2.05, 4.69) is 26.4 Å². The highest BCUT2D eigenvalue weighted by Gasteiger charge is 2.38. The fraction of sp³-hybridized carbons (Fsp3) is 0.400. The highest BCUT2D eigenvalue weighted by atomic mass is 19.1. The van der Waals surface area contributed by atoms with Crippen molar-refractivity contribution >= 4 is 17.4 Å². The number of hydrogen-bond acceptors (Lipinski definition) is 8. The lowest BCUT2D eigenvalue weighted by Crippen LogP contribution is -2.47. The molecule has 4 N–H and O–H groups in total. The molecule has 9 nitrogen and oxygen atoms in total. The van der Waals surface area contributed by atoms with Crippen LogP contribution in [-0.2, 0) is 16.1 Å². The highest BCUT2D eigenvalue weighted by Crippen LogP contribution is 2.34. The van der Waals surface area contributed by atoms with Gasteiger partial charge in [-0.15, -0.1) is 0 Å². The molecule has 1 aromatic rings. The number of amides is 1. The lowest BCUT2D eigenvalue weighted by Gasteiger charge is -2.32. The lowest BCUT2D eigenvalue weighted by molar-refractivity contribution is -0.118. The first-order valence-corrected chi connectivity index (χ1v) is 9.89. The van der Waals surface area contributed by atoms with E-state index in [9.17, 15) is 9.18 Å². The summed E-state index contributed by atoms with van der Waals surface area (Å²) in [6, 6.07) is 2.81. The fourth-order valence-corrected chi connectivity index (χ4v) is 3.99. The molecule has 30 heavy (non-hydrogen) atoms. The maximum absolute atomic E-state index is 14.5. The van der Waals surface area contributed by atoms with Gasteiger partial charge < -0.3 is 25.4 Å². The molecule has 5 rings (SSSR count). The minimum atomic E-state index is -0.408. The summed E-state index contributed by atoms with van der Waals surface area (Å²) in [5, 5.41) is 11.5. The van der Waals surface area contributed by atoms with E-state index >= 15 is 0 Å². The molecule has 4 aliphatic rings. The second kappa shape index (κ2) is 7.29. The third kappa shape index (κ3) is 3.08. The van der Waals surface area contributed by atoms with Crippen LogP contribution in [0.25, 0.3) is 0 Å². The second-order valence-corrected chi connectivity index (χ2v) is 7.59. The summed E-state index contributed by atoms with van der Waals surface area (Å²) in [4.78, 5) is 17.5. The summed E-state index contributed by atoms with van der Waals surface area (Å²) < 4.78 is 25.6. The molecular formula is C20H23FN6O3. The summed E-state index contributed by atoms with van der Waals surface area (Å²) >= 11 is 0. The van der Waals surface area contributed by atoms with Gasteiger partial charge in [0, 0.05) is 36.3 Å². The molecule has 10 heteroatoms. The number of fused-ring (bicyclic) bond motifs is 5. The smallest absolute Gasteiger partial charge is 0.252 e. The van der Waals surface area contributed by atoms with E-state index in [1.165, 1.54) is 13.2 Å². The number of hydrazine groups is 1. The summed E-state index contributed by atoms with van der Waals surface area (Å²) in [6.45, 7) is 3.23. The number of nitrogens with one attached hydrogen (secondary N) is 4. The van der Waals surface area contributed by atoms with Gasteiger partial charge in [0.2, 0.25) is 0 Å². The molecule has 0 saturated heterocycles. The van der Waals surface area contributed by atoms with E-state index in [1.54, 1.807) is 6.07 Å². The van der Waals surface area contributed by atoms with Crippen LogP contribution in [-0.4, -0.2) is 49.6 Å². The van der Waals surface area contributed by atoms with Gasteiger partial charge in [-0.25, -0.2) is 14.8 Å². The van der Waals surface area contributed by atoms with Crippen LogP contribution in [0.15, 0.2) is 39.9 Å². The number of carbonyl (C=O) groups is 1. The van der Waals surface area contributed by atoms with Crippen molar-refractivity contribution in [2.45, 2.75) is 26.0 Å². The summed E-state index contributed by atoms with van der Waals surface area (Å²) in [6.07, 6.45) is 0.744. The molecule has 4 aliphatic heterocycles. The molecule has 1 aromatic carbocycles. The first-order valence-electron chi connectivity index (χ1n) is 9.89. The quantitative estimate of drug-likeness (QED) is 0.543. The van der Waals surface area contributed by atoms with Crippen molar-refractivity contribution in [1.82, 2.24) is 21.1 Å². The fourth-order valence-electron chi connectivity index (χ4n) is 3.99. The highest BCUT2D eigenvalue weighted by molar-refractivity contribution is 6.05. The summed E-state index contributed by atoms with van der Waals surface area (Å²) in [7, 11) is 1.50. The maximum atomic E-state index is 14.5. The van der Waals surface area contributed by atoms with E-state index in [0.29, 0.717) is 47.3 Å². The van der Waals surface area contributed by atoms with Gasteiger partial charge in [0.15, 0.2) is 5.84 Å².